The first kappa shape index (κ1) is 12.8. The summed E-state index contributed by atoms with van der Waals surface area (Å²) in [7, 11) is 1.77. The SMILES string of the molecule is CN(C(=O)COc1ccc(CN)c(F)c1)C1CC1. The number of nitrogens with zero attached hydrogens (tertiary/aromatic N) is 1. The molecule has 5 heteroatoms. The zero-order valence-corrected chi connectivity index (χ0v) is 10.4. The molecule has 1 aliphatic rings. The van der Waals surface area contributed by atoms with Gasteiger partial charge in [0.05, 0.1) is 0 Å². The molecule has 0 aliphatic heterocycles. The van der Waals surface area contributed by atoms with Crippen molar-refractivity contribution in [2.24, 2.45) is 5.73 Å². The van der Waals surface area contributed by atoms with E-state index in [0.717, 1.165) is 12.8 Å². The highest BCUT2D eigenvalue weighted by atomic mass is 19.1. The summed E-state index contributed by atoms with van der Waals surface area (Å²) in [6, 6.07) is 4.81. The molecule has 1 amide bonds. The first-order valence-electron chi connectivity index (χ1n) is 5.98. The molecule has 4 nitrogen and oxygen atoms in total. The number of hydrogen-bond donors (Lipinski definition) is 1. The number of ether oxygens (including phenoxy) is 1. The van der Waals surface area contributed by atoms with Crippen molar-refractivity contribution in [1.82, 2.24) is 4.90 Å². The van der Waals surface area contributed by atoms with E-state index in [2.05, 4.69) is 0 Å². The van der Waals surface area contributed by atoms with E-state index in [1.54, 1.807) is 24.1 Å². The molecule has 0 aromatic heterocycles. The topological polar surface area (TPSA) is 55.6 Å². The lowest BCUT2D eigenvalue weighted by Gasteiger charge is -2.16. The lowest BCUT2D eigenvalue weighted by atomic mass is 10.2. The molecule has 1 aliphatic carbocycles. The number of benzene rings is 1. The van der Waals surface area contributed by atoms with Gasteiger partial charge in [0.25, 0.3) is 5.91 Å². The molecular weight excluding hydrogens is 235 g/mol. The number of carbonyl (C=O) groups excluding carboxylic acids is 1. The first-order valence-corrected chi connectivity index (χ1v) is 5.98. The summed E-state index contributed by atoms with van der Waals surface area (Å²) in [4.78, 5) is 13.4. The van der Waals surface area contributed by atoms with Crippen LogP contribution in [-0.4, -0.2) is 30.5 Å². The van der Waals surface area contributed by atoms with Gasteiger partial charge in [0.1, 0.15) is 11.6 Å². The van der Waals surface area contributed by atoms with Gasteiger partial charge in [-0.05, 0) is 18.9 Å². The number of hydrogen-bond acceptors (Lipinski definition) is 3. The Balaban J connectivity index is 1.89. The van der Waals surface area contributed by atoms with Crippen molar-refractivity contribution < 1.29 is 13.9 Å². The number of likely N-dealkylation sites (N-methyl/N-ethyl adjacent to an activating group) is 1. The van der Waals surface area contributed by atoms with Crippen molar-refractivity contribution in [3.63, 3.8) is 0 Å². The van der Waals surface area contributed by atoms with Crippen LogP contribution >= 0.6 is 0 Å². The van der Waals surface area contributed by atoms with E-state index < -0.39 is 5.82 Å². The minimum Gasteiger partial charge on any atom is -0.484 e. The summed E-state index contributed by atoms with van der Waals surface area (Å²) in [6.45, 7) is 0.0872. The highest BCUT2D eigenvalue weighted by Gasteiger charge is 2.29. The number of halogens is 1. The van der Waals surface area contributed by atoms with Gasteiger partial charge in [-0.25, -0.2) is 4.39 Å². The van der Waals surface area contributed by atoms with Gasteiger partial charge < -0.3 is 15.4 Å². The number of amides is 1. The smallest absolute Gasteiger partial charge is 0.260 e. The van der Waals surface area contributed by atoms with Gasteiger partial charge in [-0.1, -0.05) is 6.07 Å². The lowest BCUT2D eigenvalue weighted by Crippen LogP contribution is -2.33. The van der Waals surface area contributed by atoms with Gasteiger partial charge in [-0.3, -0.25) is 4.79 Å². The average Bonchev–Trinajstić information content (AvgIpc) is 3.19. The molecule has 98 valence electrons. The third-order valence-corrected chi connectivity index (χ3v) is 3.09. The van der Waals surface area contributed by atoms with Crippen molar-refractivity contribution >= 4 is 5.91 Å². The average molecular weight is 252 g/mol. The molecule has 0 heterocycles. The highest BCUT2D eigenvalue weighted by Crippen LogP contribution is 2.25. The molecule has 1 saturated carbocycles. The molecule has 2 rings (SSSR count). The van der Waals surface area contributed by atoms with Gasteiger partial charge in [0.15, 0.2) is 6.61 Å². The maximum atomic E-state index is 13.4. The summed E-state index contributed by atoms with van der Waals surface area (Å²) < 4.78 is 18.7. The molecular formula is C13H17FN2O2. The number of carbonyl (C=O) groups is 1. The van der Waals surface area contributed by atoms with Crippen LogP contribution in [0.1, 0.15) is 18.4 Å². The van der Waals surface area contributed by atoms with Crippen LogP contribution < -0.4 is 10.5 Å². The molecule has 2 N–H and O–H groups in total. The normalized spacial score (nSPS) is 14.4. The minimum atomic E-state index is -0.405. The van der Waals surface area contributed by atoms with Gasteiger partial charge in [0, 0.05) is 31.3 Å². The maximum Gasteiger partial charge on any atom is 0.260 e. The molecule has 1 aromatic carbocycles. The second-order valence-corrected chi connectivity index (χ2v) is 4.48. The first-order chi connectivity index (χ1) is 8.61. The van der Waals surface area contributed by atoms with Crippen LogP contribution in [0.2, 0.25) is 0 Å². The Hall–Kier alpha value is -1.62. The largest absolute Gasteiger partial charge is 0.484 e. The van der Waals surface area contributed by atoms with Crippen LogP contribution in [0.5, 0.6) is 5.75 Å². The molecule has 0 saturated heterocycles. The van der Waals surface area contributed by atoms with Crippen molar-refractivity contribution in [3.8, 4) is 5.75 Å². The molecule has 0 spiro atoms. The second kappa shape index (κ2) is 5.35. The van der Waals surface area contributed by atoms with Crippen LogP contribution in [0.15, 0.2) is 18.2 Å². The van der Waals surface area contributed by atoms with Crippen molar-refractivity contribution in [1.29, 1.82) is 0 Å². The maximum absolute atomic E-state index is 13.4. The Morgan fingerprint density at radius 2 is 2.28 bits per heavy atom. The van der Waals surface area contributed by atoms with Crippen molar-refractivity contribution in [2.75, 3.05) is 13.7 Å². The fraction of sp³-hybridized carbons (Fsp3) is 0.462. The monoisotopic (exact) mass is 252 g/mol. The Morgan fingerprint density at radius 3 is 2.83 bits per heavy atom. The fourth-order valence-corrected chi connectivity index (χ4v) is 1.70. The predicted octanol–water partition coefficient (Wildman–Crippen LogP) is 1.28. The van der Waals surface area contributed by atoms with E-state index in [1.807, 2.05) is 0 Å². The standard InChI is InChI=1S/C13H17FN2O2/c1-16(10-3-4-10)13(17)8-18-11-5-2-9(7-15)12(14)6-11/h2,5-6,10H,3-4,7-8,15H2,1H3. The Labute approximate surface area is 106 Å². The number of rotatable bonds is 5. The highest BCUT2D eigenvalue weighted by molar-refractivity contribution is 5.78. The Morgan fingerprint density at radius 1 is 1.56 bits per heavy atom. The fourth-order valence-electron chi connectivity index (χ4n) is 1.70. The molecule has 0 bridgehead atoms. The summed E-state index contributed by atoms with van der Waals surface area (Å²) >= 11 is 0. The molecule has 0 radical (unpaired) electrons. The van der Waals surface area contributed by atoms with Crippen LogP contribution in [0.25, 0.3) is 0 Å². The lowest BCUT2D eigenvalue weighted by molar-refractivity contribution is -0.132. The molecule has 18 heavy (non-hydrogen) atoms. The van der Waals surface area contributed by atoms with Crippen molar-refractivity contribution in [2.45, 2.75) is 25.4 Å². The van der Waals surface area contributed by atoms with Crippen LogP contribution in [0.3, 0.4) is 0 Å². The molecule has 1 fully saturated rings. The van der Waals surface area contributed by atoms with Crippen LogP contribution in [0.4, 0.5) is 4.39 Å². The zero-order valence-electron chi connectivity index (χ0n) is 10.4. The van der Waals surface area contributed by atoms with Gasteiger partial charge in [0.2, 0.25) is 0 Å². The second-order valence-electron chi connectivity index (χ2n) is 4.48. The summed E-state index contributed by atoms with van der Waals surface area (Å²) in [5.74, 6) is -0.138. The van der Waals surface area contributed by atoms with E-state index in [1.165, 1.54) is 6.07 Å². The Bertz CT molecular complexity index is 447. The minimum absolute atomic E-state index is 0.0611. The Kier molecular flexibility index (Phi) is 3.81. The van der Waals surface area contributed by atoms with Gasteiger partial charge >= 0.3 is 0 Å². The van der Waals surface area contributed by atoms with Crippen LogP contribution in [-0.2, 0) is 11.3 Å². The van der Waals surface area contributed by atoms with E-state index in [-0.39, 0.29) is 19.1 Å². The van der Waals surface area contributed by atoms with E-state index in [4.69, 9.17) is 10.5 Å². The van der Waals surface area contributed by atoms with Gasteiger partial charge in [-0.15, -0.1) is 0 Å². The van der Waals surface area contributed by atoms with Crippen LogP contribution in [0, 0.1) is 5.82 Å². The quantitative estimate of drug-likeness (QED) is 0.859. The summed E-state index contributed by atoms with van der Waals surface area (Å²) in [6.07, 6.45) is 2.12. The summed E-state index contributed by atoms with van der Waals surface area (Å²) in [5, 5.41) is 0. The van der Waals surface area contributed by atoms with E-state index >= 15 is 0 Å². The van der Waals surface area contributed by atoms with E-state index in [0.29, 0.717) is 17.4 Å². The summed E-state index contributed by atoms with van der Waals surface area (Å²) in [5.41, 5.74) is 5.80. The zero-order chi connectivity index (χ0) is 13.1. The molecule has 1 aromatic rings. The molecule has 0 unspecified atom stereocenters. The number of nitrogens with two attached hydrogens (primary N) is 1. The third kappa shape index (κ3) is 2.98. The van der Waals surface area contributed by atoms with Gasteiger partial charge in [-0.2, -0.15) is 0 Å². The third-order valence-electron chi connectivity index (χ3n) is 3.09. The molecule has 0 atom stereocenters. The van der Waals surface area contributed by atoms with E-state index in [9.17, 15) is 9.18 Å². The predicted molar refractivity (Wildman–Crippen MR) is 65.6 cm³/mol. The van der Waals surface area contributed by atoms with Crippen molar-refractivity contribution in [3.05, 3.63) is 29.6 Å².